The van der Waals surface area contributed by atoms with Crippen LogP contribution in [-0.2, 0) is 17.4 Å². The van der Waals surface area contributed by atoms with Gasteiger partial charge < -0.3 is 10.6 Å². The van der Waals surface area contributed by atoms with E-state index < -0.39 is 11.7 Å². The van der Waals surface area contributed by atoms with Gasteiger partial charge in [0, 0.05) is 19.3 Å². The minimum atomic E-state index is -4.43. The number of pyridine rings is 1. The summed E-state index contributed by atoms with van der Waals surface area (Å²) in [5.41, 5.74) is -0.103. The van der Waals surface area contributed by atoms with E-state index in [0.717, 1.165) is 12.1 Å². The highest BCUT2D eigenvalue weighted by Crippen LogP contribution is 2.29. The Hall–Kier alpha value is -3.08. The fraction of sp³-hybridized carbons (Fsp3) is 0.235. The summed E-state index contributed by atoms with van der Waals surface area (Å²) in [7, 11) is 0. The Morgan fingerprint density at radius 2 is 2.00 bits per heavy atom. The van der Waals surface area contributed by atoms with Crippen molar-refractivity contribution in [2.24, 2.45) is 0 Å². The third-order valence-electron chi connectivity index (χ3n) is 3.29. The number of carbonyl (C=O) groups excluding carboxylic acids is 1. The third kappa shape index (κ3) is 5.49. The molecule has 1 amide bonds. The van der Waals surface area contributed by atoms with Crippen molar-refractivity contribution in [1.29, 1.82) is 5.26 Å². The molecular weight excluding hydrogens is 333 g/mol. The molecule has 5 nitrogen and oxygen atoms in total. The van der Waals surface area contributed by atoms with Crippen LogP contribution in [0, 0.1) is 11.3 Å². The Morgan fingerprint density at radius 1 is 1.20 bits per heavy atom. The lowest BCUT2D eigenvalue weighted by Crippen LogP contribution is -2.30. The molecule has 0 spiro atoms. The average Bonchev–Trinajstić information content (AvgIpc) is 2.58. The standard InChI is InChI=1S/C17H15F3N4O/c18-17(19,20)14-5-1-3-12(9-14)10-15(25)22-7-8-24-16-13(11-21)4-2-6-23-16/h1-6,9H,7-8,10H2,(H,22,25)(H,23,24). The first-order chi connectivity index (χ1) is 11.9. The van der Waals surface area contributed by atoms with E-state index in [9.17, 15) is 18.0 Å². The second-order valence-corrected chi connectivity index (χ2v) is 5.16. The molecule has 0 aliphatic carbocycles. The molecule has 0 atom stereocenters. The summed E-state index contributed by atoms with van der Waals surface area (Å²) in [6.07, 6.45) is -3.04. The van der Waals surface area contributed by atoms with Gasteiger partial charge in [0.2, 0.25) is 5.91 Å². The highest BCUT2D eigenvalue weighted by atomic mass is 19.4. The molecule has 0 fully saturated rings. The lowest BCUT2D eigenvalue weighted by Gasteiger charge is -2.10. The molecule has 0 radical (unpaired) electrons. The largest absolute Gasteiger partial charge is 0.416 e. The summed E-state index contributed by atoms with van der Waals surface area (Å²) < 4.78 is 37.9. The van der Waals surface area contributed by atoms with Gasteiger partial charge >= 0.3 is 6.18 Å². The van der Waals surface area contributed by atoms with Crippen LogP contribution < -0.4 is 10.6 Å². The number of carbonyl (C=O) groups is 1. The highest BCUT2D eigenvalue weighted by molar-refractivity contribution is 5.78. The van der Waals surface area contributed by atoms with Gasteiger partial charge in [-0.25, -0.2) is 4.98 Å². The minimum absolute atomic E-state index is 0.142. The van der Waals surface area contributed by atoms with E-state index in [-0.39, 0.29) is 24.4 Å². The van der Waals surface area contributed by atoms with Crippen molar-refractivity contribution in [2.75, 3.05) is 18.4 Å². The van der Waals surface area contributed by atoms with E-state index in [1.165, 1.54) is 18.3 Å². The summed E-state index contributed by atoms with van der Waals surface area (Å²) >= 11 is 0. The van der Waals surface area contributed by atoms with Crippen molar-refractivity contribution in [1.82, 2.24) is 10.3 Å². The van der Waals surface area contributed by atoms with Crippen molar-refractivity contribution < 1.29 is 18.0 Å². The van der Waals surface area contributed by atoms with E-state index in [0.29, 0.717) is 17.9 Å². The first-order valence-corrected chi connectivity index (χ1v) is 7.42. The molecule has 1 aromatic carbocycles. The first-order valence-electron chi connectivity index (χ1n) is 7.42. The summed E-state index contributed by atoms with van der Waals surface area (Å²) in [6.45, 7) is 0.583. The molecule has 2 aromatic rings. The second-order valence-electron chi connectivity index (χ2n) is 5.16. The van der Waals surface area contributed by atoms with Gasteiger partial charge in [0.1, 0.15) is 11.9 Å². The maximum atomic E-state index is 12.6. The number of hydrogen-bond donors (Lipinski definition) is 2. The van der Waals surface area contributed by atoms with E-state index in [2.05, 4.69) is 15.6 Å². The highest BCUT2D eigenvalue weighted by Gasteiger charge is 2.30. The Bertz CT molecular complexity index is 784. The smallest absolute Gasteiger partial charge is 0.367 e. The number of nitrogens with zero attached hydrogens (tertiary/aromatic N) is 2. The van der Waals surface area contributed by atoms with Crippen molar-refractivity contribution in [3.63, 3.8) is 0 Å². The van der Waals surface area contributed by atoms with Crippen LogP contribution in [0.3, 0.4) is 0 Å². The maximum Gasteiger partial charge on any atom is 0.416 e. The van der Waals surface area contributed by atoms with Gasteiger partial charge in [-0.15, -0.1) is 0 Å². The predicted octanol–water partition coefficient (Wildman–Crippen LogP) is 2.74. The molecule has 2 N–H and O–H groups in total. The molecule has 2 rings (SSSR count). The number of halogens is 3. The van der Waals surface area contributed by atoms with Crippen LogP contribution in [0.2, 0.25) is 0 Å². The van der Waals surface area contributed by atoms with Gasteiger partial charge in [0.05, 0.1) is 17.5 Å². The van der Waals surface area contributed by atoms with Crippen LogP contribution in [0.4, 0.5) is 19.0 Å². The van der Waals surface area contributed by atoms with E-state index in [4.69, 9.17) is 5.26 Å². The summed E-state index contributed by atoms with van der Waals surface area (Å²) in [5.74, 6) is 0.0276. The molecule has 1 aromatic heterocycles. The number of amides is 1. The molecule has 0 aliphatic heterocycles. The summed E-state index contributed by atoms with van der Waals surface area (Å²) in [5, 5.41) is 14.4. The first kappa shape index (κ1) is 18.3. The van der Waals surface area contributed by atoms with Gasteiger partial charge in [-0.3, -0.25) is 4.79 Å². The maximum absolute atomic E-state index is 12.6. The van der Waals surface area contributed by atoms with Crippen LogP contribution >= 0.6 is 0 Å². The Labute approximate surface area is 142 Å². The SMILES string of the molecule is N#Cc1cccnc1NCCNC(=O)Cc1cccc(C(F)(F)F)c1. The van der Waals surface area contributed by atoms with Crippen LogP contribution in [-0.4, -0.2) is 24.0 Å². The number of aromatic nitrogens is 1. The molecule has 0 unspecified atom stereocenters. The molecule has 130 valence electrons. The van der Waals surface area contributed by atoms with Crippen LogP contribution in [0.15, 0.2) is 42.6 Å². The number of anilines is 1. The van der Waals surface area contributed by atoms with Crippen molar-refractivity contribution in [3.8, 4) is 6.07 Å². The number of nitrogens with one attached hydrogen (secondary N) is 2. The zero-order valence-electron chi connectivity index (χ0n) is 13.1. The fourth-order valence-corrected chi connectivity index (χ4v) is 2.12. The topological polar surface area (TPSA) is 77.8 Å². The van der Waals surface area contributed by atoms with E-state index in [1.54, 1.807) is 12.1 Å². The molecular formula is C17H15F3N4O. The number of benzene rings is 1. The van der Waals surface area contributed by atoms with E-state index >= 15 is 0 Å². The molecule has 0 bridgehead atoms. The Kier molecular flexibility index (Phi) is 5.95. The monoisotopic (exact) mass is 348 g/mol. The average molecular weight is 348 g/mol. The van der Waals surface area contributed by atoms with E-state index in [1.807, 2.05) is 6.07 Å². The molecule has 1 heterocycles. The summed E-state index contributed by atoms with van der Waals surface area (Å²) in [6, 6.07) is 9.92. The van der Waals surface area contributed by atoms with Gasteiger partial charge in [-0.2, -0.15) is 18.4 Å². The molecule has 0 aliphatic rings. The predicted molar refractivity (Wildman–Crippen MR) is 85.6 cm³/mol. The number of alkyl halides is 3. The summed E-state index contributed by atoms with van der Waals surface area (Å²) in [4.78, 5) is 15.8. The van der Waals surface area contributed by atoms with Crippen LogP contribution in [0.5, 0.6) is 0 Å². The zero-order valence-corrected chi connectivity index (χ0v) is 13.1. The number of rotatable bonds is 6. The zero-order chi connectivity index (χ0) is 18.3. The Morgan fingerprint density at radius 3 is 2.72 bits per heavy atom. The van der Waals surface area contributed by atoms with Crippen molar-refractivity contribution in [2.45, 2.75) is 12.6 Å². The second kappa shape index (κ2) is 8.15. The van der Waals surface area contributed by atoms with Gasteiger partial charge in [0.15, 0.2) is 0 Å². The molecule has 0 saturated heterocycles. The van der Waals surface area contributed by atoms with Crippen LogP contribution in [0.1, 0.15) is 16.7 Å². The quantitative estimate of drug-likeness (QED) is 0.787. The van der Waals surface area contributed by atoms with Gasteiger partial charge in [-0.1, -0.05) is 18.2 Å². The number of nitriles is 1. The molecule has 0 saturated carbocycles. The number of hydrogen-bond acceptors (Lipinski definition) is 4. The Balaban J connectivity index is 1.81. The lowest BCUT2D eigenvalue weighted by molar-refractivity contribution is -0.137. The molecule has 25 heavy (non-hydrogen) atoms. The van der Waals surface area contributed by atoms with Crippen molar-refractivity contribution in [3.05, 3.63) is 59.3 Å². The van der Waals surface area contributed by atoms with Crippen molar-refractivity contribution >= 4 is 11.7 Å². The van der Waals surface area contributed by atoms with Gasteiger partial charge in [0.25, 0.3) is 0 Å². The van der Waals surface area contributed by atoms with Crippen LogP contribution in [0.25, 0.3) is 0 Å². The molecule has 8 heteroatoms. The lowest BCUT2D eigenvalue weighted by atomic mass is 10.1. The minimum Gasteiger partial charge on any atom is -0.367 e. The fourth-order valence-electron chi connectivity index (χ4n) is 2.12. The third-order valence-corrected chi connectivity index (χ3v) is 3.29. The van der Waals surface area contributed by atoms with Gasteiger partial charge in [-0.05, 0) is 23.8 Å². The normalized spacial score (nSPS) is 10.8.